The van der Waals surface area contributed by atoms with Gasteiger partial charge >= 0.3 is 17.4 Å². The van der Waals surface area contributed by atoms with Crippen molar-refractivity contribution in [2.24, 2.45) is 0 Å². The number of carboxylic acid groups (broad SMARTS) is 1. The van der Waals surface area contributed by atoms with Crippen molar-refractivity contribution in [1.29, 1.82) is 0 Å². The van der Waals surface area contributed by atoms with Crippen molar-refractivity contribution in [3.8, 4) is 0 Å². The van der Waals surface area contributed by atoms with Gasteiger partial charge in [0.2, 0.25) is 0 Å². The van der Waals surface area contributed by atoms with Crippen molar-refractivity contribution in [3.05, 3.63) is 0 Å². The van der Waals surface area contributed by atoms with Gasteiger partial charge in [0.25, 0.3) is 0 Å². The minimum Gasteiger partial charge on any atom is -0.852 e. The van der Waals surface area contributed by atoms with Crippen LogP contribution in [0.25, 0.3) is 0 Å². The first-order valence-corrected chi connectivity index (χ1v) is 7.36. The summed E-state index contributed by atoms with van der Waals surface area (Å²) in [4.78, 5) is 10.1. The fraction of sp³-hybridized carbons (Fsp3) is 0.933. The third-order valence-electron chi connectivity index (χ3n) is 2.48. The van der Waals surface area contributed by atoms with Crippen molar-refractivity contribution < 1.29 is 15.0 Å². The molecule has 0 saturated heterocycles. The van der Waals surface area contributed by atoms with Gasteiger partial charge in [-0.05, 0) is 12.8 Å². The SMILES string of the molecule is CC(C)[O-].CCCCCCCCCCCC(=O)[O-].[Al+2]. The van der Waals surface area contributed by atoms with Crippen LogP contribution in [0, 0.1) is 0 Å². The molecule has 0 aromatic rings. The number of carbonyl (C=O) groups excluding carboxylic acids is 1. The smallest absolute Gasteiger partial charge is 0.852 e. The maximum atomic E-state index is 10.1. The minimum absolute atomic E-state index is 0. The largest absolute Gasteiger partial charge is 2.00 e. The molecule has 0 heterocycles. The Balaban J connectivity index is -0.000000448. The van der Waals surface area contributed by atoms with Gasteiger partial charge in [0.05, 0.1) is 0 Å². The van der Waals surface area contributed by atoms with Crippen LogP contribution in [-0.4, -0.2) is 29.4 Å². The van der Waals surface area contributed by atoms with Gasteiger partial charge in [0, 0.05) is 5.97 Å². The van der Waals surface area contributed by atoms with Crippen molar-refractivity contribution in [2.75, 3.05) is 0 Å². The monoisotopic (exact) mass is 285 g/mol. The van der Waals surface area contributed by atoms with Crippen LogP contribution in [0.3, 0.4) is 0 Å². The van der Waals surface area contributed by atoms with Crippen LogP contribution in [0.15, 0.2) is 0 Å². The molecule has 3 nitrogen and oxygen atoms in total. The number of unbranched alkanes of at least 4 members (excludes halogenated alkanes) is 8. The average Bonchev–Trinajstić information content (AvgIpc) is 2.26. The van der Waals surface area contributed by atoms with Crippen molar-refractivity contribution in [1.82, 2.24) is 0 Å². The molecule has 0 aliphatic heterocycles. The maximum absolute atomic E-state index is 10.1. The second-order valence-corrected chi connectivity index (χ2v) is 5.00. The number of aliphatic carboxylic acids is 1. The molecule has 1 radical (unpaired) electrons. The molecule has 0 aliphatic rings. The Morgan fingerprint density at radius 1 is 0.895 bits per heavy atom. The van der Waals surface area contributed by atoms with E-state index in [2.05, 4.69) is 6.92 Å². The predicted molar refractivity (Wildman–Crippen MR) is 77.7 cm³/mol. The van der Waals surface area contributed by atoms with Crippen LogP contribution in [0.2, 0.25) is 0 Å². The molecule has 0 saturated carbocycles. The first-order valence-electron chi connectivity index (χ1n) is 7.36. The van der Waals surface area contributed by atoms with Gasteiger partial charge in [0.15, 0.2) is 0 Å². The van der Waals surface area contributed by atoms with Gasteiger partial charge in [-0.25, -0.2) is 0 Å². The number of hydrogen-bond acceptors (Lipinski definition) is 3. The zero-order valence-electron chi connectivity index (χ0n) is 13.0. The predicted octanol–water partition coefficient (Wildman–Crippen LogP) is 2.03. The summed E-state index contributed by atoms with van der Waals surface area (Å²) in [5.74, 6) is -0.909. The summed E-state index contributed by atoms with van der Waals surface area (Å²) >= 11 is 0. The Labute approximate surface area is 129 Å². The molecular formula is C15H30AlO3. The Morgan fingerprint density at radius 3 is 1.53 bits per heavy atom. The Bertz CT molecular complexity index is 170. The van der Waals surface area contributed by atoms with E-state index < -0.39 is 12.1 Å². The van der Waals surface area contributed by atoms with Crippen LogP contribution >= 0.6 is 0 Å². The molecule has 0 aliphatic carbocycles. The van der Waals surface area contributed by atoms with Crippen LogP contribution < -0.4 is 10.2 Å². The summed E-state index contributed by atoms with van der Waals surface area (Å²) in [5.41, 5.74) is 0. The molecule has 0 spiro atoms. The van der Waals surface area contributed by atoms with Crippen LogP contribution in [0.5, 0.6) is 0 Å². The Morgan fingerprint density at radius 2 is 1.21 bits per heavy atom. The molecule has 0 fully saturated rings. The Kier molecular flexibility index (Phi) is 25.6. The molecule has 0 N–H and O–H groups in total. The molecular weight excluding hydrogens is 255 g/mol. The Hall–Kier alpha value is -0.0375. The topological polar surface area (TPSA) is 63.2 Å². The van der Waals surface area contributed by atoms with E-state index in [1.54, 1.807) is 13.8 Å². The molecule has 0 aromatic heterocycles. The van der Waals surface area contributed by atoms with E-state index in [4.69, 9.17) is 0 Å². The summed E-state index contributed by atoms with van der Waals surface area (Å²) in [6, 6.07) is 0. The van der Waals surface area contributed by atoms with Gasteiger partial charge in [-0.2, -0.15) is 0 Å². The second-order valence-electron chi connectivity index (χ2n) is 5.00. The maximum Gasteiger partial charge on any atom is 2.00 e. The summed E-state index contributed by atoms with van der Waals surface area (Å²) < 4.78 is 0. The van der Waals surface area contributed by atoms with Gasteiger partial charge in [0.1, 0.15) is 0 Å². The molecule has 111 valence electrons. The van der Waals surface area contributed by atoms with E-state index in [9.17, 15) is 15.0 Å². The number of hydrogen-bond donors (Lipinski definition) is 0. The van der Waals surface area contributed by atoms with Crippen LogP contribution in [0.4, 0.5) is 0 Å². The van der Waals surface area contributed by atoms with Crippen LogP contribution in [-0.2, 0) is 4.79 Å². The molecule has 0 rings (SSSR count). The average molecular weight is 285 g/mol. The standard InChI is InChI=1S/C12H24O2.C3H7O.Al/c1-2-3-4-5-6-7-8-9-10-11-12(13)14;1-3(2)4;/h2-11H2,1H3,(H,13,14);3H,1-2H3;/q;-1;+2/p-1. The van der Waals surface area contributed by atoms with Gasteiger partial charge in [-0.1, -0.05) is 72.1 Å². The first-order chi connectivity index (χ1) is 8.50. The van der Waals surface area contributed by atoms with E-state index in [0.29, 0.717) is 0 Å². The zero-order chi connectivity index (χ0) is 14.2. The summed E-state index contributed by atoms with van der Waals surface area (Å²) in [6.07, 6.45) is 10.7. The minimum atomic E-state index is -0.909. The van der Waals surface area contributed by atoms with E-state index in [-0.39, 0.29) is 23.8 Å². The number of carbonyl (C=O) groups is 1. The summed E-state index contributed by atoms with van der Waals surface area (Å²) in [5, 5.41) is 19.6. The van der Waals surface area contributed by atoms with Crippen LogP contribution in [0.1, 0.15) is 85.0 Å². The van der Waals surface area contributed by atoms with Crippen molar-refractivity contribution in [2.45, 2.75) is 91.1 Å². The molecule has 0 unspecified atom stereocenters. The van der Waals surface area contributed by atoms with E-state index in [1.807, 2.05) is 0 Å². The van der Waals surface area contributed by atoms with E-state index in [0.717, 1.165) is 12.8 Å². The van der Waals surface area contributed by atoms with E-state index in [1.165, 1.54) is 44.9 Å². The second kappa shape index (κ2) is 20.3. The first kappa shape index (κ1) is 24.0. The quantitative estimate of drug-likeness (QED) is 0.456. The molecule has 19 heavy (non-hydrogen) atoms. The van der Waals surface area contributed by atoms with Crippen molar-refractivity contribution in [3.63, 3.8) is 0 Å². The molecule has 0 atom stereocenters. The third-order valence-corrected chi connectivity index (χ3v) is 2.48. The fourth-order valence-corrected chi connectivity index (χ4v) is 1.58. The van der Waals surface area contributed by atoms with Crippen molar-refractivity contribution >= 4 is 23.3 Å². The fourth-order valence-electron chi connectivity index (χ4n) is 1.58. The molecule has 4 heteroatoms. The molecule has 0 amide bonds. The summed E-state index contributed by atoms with van der Waals surface area (Å²) in [7, 11) is 0. The number of rotatable bonds is 10. The number of carboxylic acids is 1. The van der Waals surface area contributed by atoms with Gasteiger partial charge in [-0.15, -0.1) is 6.10 Å². The molecule has 0 bridgehead atoms. The zero-order valence-corrected chi connectivity index (χ0v) is 14.1. The van der Waals surface area contributed by atoms with Gasteiger partial charge < -0.3 is 15.0 Å². The van der Waals surface area contributed by atoms with E-state index >= 15 is 0 Å². The summed E-state index contributed by atoms with van der Waals surface area (Å²) in [6.45, 7) is 5.44. The van der Waals surface area contributed by atoms with Gasteiger partial charge in [-0.3, -0.25) is 0 Å². The third kappa shape index (κ3) is 38.1. The molecule has 0 aromatic carbocycles. The normalized spacial score (nSPS) is 9.53.